The number of carbonyl (C=O) groups is 2. The van der Waals surface area contributed by atoms with E-state index in [-0.39, 0.29) is 11.8 Å². The van der Waals surface area contributed by atoms with Crippen molar-refractivity contribution in [2.75, 3.05) is 57.7 Å². The highest BCUT2D eigenvalue weighted by Crippen LogP contribution is 2.19. The Kier molecular flexibility index (Phi) is 8.64. The zero-order chi connectivity index (χ0) is 22.9. The molecule has 0 aromatic heterocycles. The average Bonchev–Trinajstić information content (AvgIpc) is 2.75. The number of aryl methyl sites for hydroxylation is 3. The Labute approximate surface area is 190 Å². The van der Waals surface area contributed by atoms with Crippen molar-refractivity contribution < 1.29 is 14.3 Å². The van der Waals surface area contributed by atoms with Crippen molar-refractivity contribution in [1.82, 2.24) is 15.1 Å². The van der Waals surface area contributed by atoms with Crippen LogP contribution in [0.25, 0.3) is 0 Å². The maximum atomic E-state index is 12.5. The van der Waals surface area contributed by atoms with Gasteiger partial charge in [0.1, 0.15) is 12.4 Å². The van der Waals surface area contributed by atoms with Crippen LogP contribution in [-0.2, 0) is 9.59 Å². The Balaban J connectivity index is 1.31. The Hall–Kier alpha value is -2.90. The fourth-order valence-corrected chi connectivity index (χ4v) is 3.82. The van der Waals surface area contributed by atoms with Crippen LogP contribution in [0.1, 0.15) is 16.7 Å². The SMILES string of the molecule is Cc1cccc(OCCNC(=O)CN2CCN(CC(=O)Nc3c(C)cccc3C)CC2)c1. The van der Waals surface area contributed by atoms with Crippen molar-refractivity contribution in [2.24, 2.45) is 0 Å². The molecule has 2 aromatic carbocycles. The quantitative estimate of drug-likeness (QED) is 0.588. The second-order valence-corrected chi connectivity index (χ2v) is 8.38. The van der Waals surface area contributed by atoms with Crippen molar-refractivity contribution in [3.8, 4) is 5.75 Å². The highest BCUT2D eigenvalue weighted by atomic mass is 16.5. The van der Waals surface area contributed by atoms with E-state index in [1.807, 2.05) is 63.2 Å². The molecule has 0 saturated carbocycles. The number of hydrogen-bond donors (Lipinski definition) is 2. The summed E-state index contributed by atoms with van der Waals surface area (Å²) < 4.78 is 5.66. The number of ether oxygens (including phenoxy) is 1. The number of carbonyl (C=O) groups excluding carboxylic acids is 2. The number of hydrogen-bond acceptors (Lipinski definition) is 5. The van der Waals surface area contributed by atoms with Crippen LogP contribution in [0.5, 0.6) is 5.75 Å². The predicted octanol–water partition coefficient (Wildman–Crippen LogP) is 2.36. The van der Waals surface area contributed by atoms with E-state index in [2.05, 4.69) is 20.4 Å². The number of para-hydroxylation sites is 1. The van der Waals surface area contributed by atoms with E-state index < -0.39 is 0 Å². The Bertz CT molecular complexity index is 903. The Morgan fingerprint density at radius 3 is 2.09 bits per heavy atom. The number of benzene rings is 2. The zero-order valence-corrected chi connectivity index (χ0v) is 19.3. The molecule has 2 N–H and O–H groups in total. The lowest BCUT2D eigenvalue weighted by atomic mass is 10.1. The molecule has 32 heavy (non-hydrogen) atoms. The van der Waals surface area contributed by atoms with Crippen LogP contribution >= 0.6 is 0 Å². The monoisotopic (exact) mass is 438 g/mol. The van der Waals surface area contributed by atoms with E-state index in [1.54, 1.807) is 0 Å². The third kappa shape index (κ3) is 7.35. The van der Waals surface area contributed by atoms with Gasteiger partial charge in [-0.15, -0.1) is 0 Å². The molecule has 7 heteroatoms. The van der Waals surface area contributed by atoms with E-state index in [1.165, 1.54) is 0 Å². The summed E-state index contributed by atoms with van der Waals surface area (Å²) in [5.74, 6) is 0.818. The molecular formula is C25H34N4O3. The first kappa shape index (κ1) is 23.8. The van der Waals surface area contributed by atoms with Crippen LogP contribution in [0.2, 0.25) is 0 Å². The average molecular weight is 439 g/mol. The summed E-state index contributed by atoms with van der Waals surface area (Å²) in [5.41, 5.74) is 4.18. The van der Waals surface area contributed by atoms with Crippen LogP contribution in [-0.4, -0.2) is 74.0 Å². The van der Waals surface area contributed by atoms with Crippen molar-refractivity contribution in [2.45, 2.75) is 20.8 Å². The van der Waals surface area contributed by atoms with Gasteiger partial charge in [-0.1, -0.05) is 30.3 Å². The molecule has 7 nitrogen and oxygen atoms in total. The molecule has 1 saturated heterocycles. The normalized spacial score (nSPS) is 14.7. The molecule has 172 valence electrons. The second-order valence-electron chi connectivity index (χ2n) is 8.38. The van der Waals surface area contributed by atoms with E-state index in [0.29, 0.717) is 26.2 Å². The lowest BCUT2D eigenvalue weighted by Gasteiger charge is -2.33. The molecule has 0 aliphatic carbocycles. The largest absolute Gasteiger partial charge is 0.492 e. The summed E-state index contributed by atoms with van der Waals surface area (Å²) >= 11 is 0. The highest BCUT2D eigenvalue weighted by Gasteiger charge is 2.21. The standard InChI is InChI=1S/C25H34N4O3/c1-19-6-4-9-22(16-19)32-15-10-26-23(30)17-28-11-13-29(14-12-28)18-24(31)27-25-20(2)7-5-8-21(25)3/h4-9,16H,10-15,17-18H2,1-3H3,(H,26,30)(H,27,31). The summed E-state index contributed by atoms with van der Waals surface area (Å²) in [6.07, 6.45) is 0. The molecule has 0 atom stereocenters. The molecule has 0 unspecified atom stereocenters. The third-order valence-corrected chi connectivity index (χ3v) is 5.63. The van der Waals surface area contributed by atoms with Crippen LogP contribution in [0.15, 0.2) is 42.5 Å². The van der Waals surface area contributed by atoms with Gasteiger partial charge < -0.3 is 15.4 Å². The predicted molar refractivity (Wildman–Crippen MR) is 127 cm³/mol. The van der Waals surface area contributed by atoms with Gasteiger partial charge in [0.2, 0.25) is 11.8 Å². The summed E-state index contributed by atoms with van der Waals surface area (Å²) in [5, 5.41) is 5.96. The van der Waals surface area contributed by atoms with Crippen LogP contribution < -0.4 is 15.4 Å². The minimum absolute atomic E-state index is 0.000867. The van der Waals surface area contributed by atoms with Gasteiger partial charge in [-0.2, -0.15) is 0 Å². The van der Waals surface area contributed by atoms with E-state index in [0.717, 1.165) is 54.3 Å². The van der Waals surface area contributed by atoms with Crippen LogP contribution in [0, 0.1) is 20.8 Å². The maximum absolute atomic E-state index is 12.5. The molecule has 1 aliphatic heterocycles. The van der Waals surface area contributed by atoms with E-state index >= 15 is 0 Å². The third-order valence-electron chi connectivity index (χ3n) is 5.63. The van der Waals surface area contributed by atoms with Crippen molar-refractivity contribution in [1.29, 1.82) is 0 Å². The lowest BCUT2D eigenvalue weighted by molar-refractivity contribution is -0.123. The van der Waals surface area contributed by atoms with Gasteiger partial charge in [0.25, 0.3) is 0 Å². The molecule has 3 rings (SSSR count). The number of amides is 2. The zero-order valence-electron chi connectivity index (χ0n) is 19.3. The van der Waals surface area contributed by atoms with Crippen LogP contribution in [0.4, 0.5) is 5.69 Å². The molecule has 2 aromatic rings. The van der Waals surface area contributed by atoms with Crippen molar-refractivity contribution in [3.05, 3.63) is 59.2 Å². The van der Waals surface area contributed by atoms with Crippen LogP contribution in [0.3, 0.4) is 0 Å². The van der Waals surface area contributed by atoms with Crippen molar-refractivity contribution in [3.63, 3.8) is 0 Å². The van der Waals surface area contributed by atoms with Gasteiger partial charge >= 0.3 is 0 Å². The summed E-state index contributed by atoms with van der Waals surface area (Å²) in [4.78, 5) is 28.9. The smallest absolute Gasteiger partial charge is 0.238 e. The fourth-order valence-electron chi connectivity index (χ4n) is 3.82. The van der Waals surface area contributed by atoms with Crippen molar-refractivity contribution >= 4 is 17.5 Å². The fraction of sp³-hybridized carbons (Fsp3) is 0.440. The first-order valence-electron chi connectivity index (χ1n) is 11.2. The topological polar surface area (TPSA) is 73.9 Å². The van der Waals surface area contributed by atoms with Gasteiger partial charge in [0.15, 0.2) is 0 Å². The minimum Gasteiger partial charge on any atom is -0.492 e. The molecule has 0 spiro atoms. The molecule has 0 radical (unpaired) electrons. The lowest BCUT2D eigenvalue weighted by Crippen LogP contribution is -2.51. The van der Waals surface area contributed by atoms with Gasteiger partial charge in [-0.25, -0.2) is 0 Å². The minimum atomic E-state index is -0.000867. The van der Waals surface area contributed by atoms with Gasteiger partial charge in [0, 0.05) is 31.9 Å². The number of nitrogens with zero attached hydrogens (tertiary/aromatic N) is 2. The van der Waals surface area contributed by atoms with Gasteiger partial charge in [-0.3, -0.25) is 19.4 Å². The van der Waals surface area contributed by atoms with Gasteiger partial charge in [0.05, 0.1) is 19.6 Å². The molecule has 0 bridgehead atoms. The molecule has 2 amide bonds. The number of anilines is 1. The summed E-state index contributed by atoms with van der Waals surface area (Å²) in [7, 11) is 0. The number of piperazine rings is 1. The Morgan fingerprint density at radius 2 is 1.47 bits per heavy atom. The first-order valence-corrected chi connectivity index (χ1v) is 11.2. The Morgan fingerprint density at radius 1 is 0.875 bits per heavy atom. The molecule has 1 aliphatic rings. The number of nitrogens with one attached hydrogen (secondary N) is 2. The highest BCUT2D eigenvalue weighted by molar-refractivity contribution is 5.93. The molecule has 1 fully saturated rings. The number of rotatable bonds is 9. The maximum Gasteiger partial charge on any atom is 0.238 e. The first-order chi connectivity index (χ1) is 15.4. The second kappa shape index (κ2) is 11.6. The summed E-state index contributed by atoms with van der Waals surface area (Å²) in [6, 6.07) is 13.9. The van der Waals surface area contributed by atoms with Gasteiger partial charge in [-0.05, 0) is 49.6 Å². The summed E-state index contributed by atoms with van der Waals surface area (Å²) in [6.45, 7) is 10.7. The van der Waals surface area contributed by atoms with E-state index in [9.17, 15) is 9.59 Å². The molecular weight excluding hydrogens is 404 g/mol. The van der Waals surface area contributed by atoms with E-state index in [4.69, 9.17) is 4.74 Å². The molecule has 1 heterocycles.